The Morgan fingerprint density at radius 3 is 2.25 bits per heavy atom. The molecule has 1 aromatic carbocycles. The van der Waals surface area contributed by atoms with Crippen LogP contribution in [0.3, 0.4) is 0 Å². The maximum Gasteiger partial charge on any atom is 0.417 e. The summed E-state index contributed by atoms with van der Waals surface area (Å²) in [6, 6.07) is 4.79. The van der Waals surface area contributed by atoms with Crippen LogP contribution in [0.5, 0.6) is 0 Å². The number of aryl methyl sites for hydroxylation is 1. The van der Waals surface area contributed by atoms with Gasteiger partial charge < -0.3 is 4.74 Å². The number of H-pyrrole nitrogens is 1. The number of aromatic amines is 1. The summed E-state index contributed by atoms with van der Waals surface area (Å²) in [6.45, 7) is 10.7. The molecule has 200 valence electrons. The smallest absolute Gasteiger partial charge is 0.417 e. The van der Waals surface area contributed by atoms with Gasteiger partial charge in [-0.2, -0.15) is 13.2 Å². The molecule has 1 atom stereocenters. The molecule has 0 radical (unpaired) electrons. The molecule has 0 saturated carbocycles. The molecule has 9 heteroatoms. The molecule has 2 rings (SSSR count). The van der Waals surface area contributed by atoms with Gasteiger partial charge in [-0.05, 0) is 50.5 Å². The molecule has 0 amide bonds. The van der Waals surface area contributed by atoms with E-state index < -0.39 is 28.4 Å². The highest BCUT2D eigenvalue weighted by Crippen LogP contribution is 2.36. The fourth-order valence-electron chi connectivity index (χ4n) is 4.30. The van der Waals surface area contributed by atoms with Crippen LogP contribution in [0.1, 0.15) is 72.3 Å². The monoisotopic (exact) mass is 510 g/mol. The molecule has 0 bridgehead atoms. The second-order valence-corrected chi connectivity index (χ2v) is 10.3. The number of benzene rings is 1. The maximum absolute atomic E-state index is 13.4. The lowest BCUT2D eigenvalue weighted by molar-refractivity contribution is -0.159. The zero-order valence-electron chi connectivity index (χ0n) is 21.7. The normalized spacial score (nSPS) is 13.7. The number of ether oxygens (including phenoxy) is 1. The van der Waals surface area contributed by atoms with Crippen molar-refractivity contribution in [2.24, 2.45) is 17.3 Å². The van der Waals surface area contributed by atoms with Crippen molar-refractivity contribution in [1.82, 2.24) is 9.55 Å². The van der Waals surface area contributed by atoms with Gasteiger partial charge in [0, 0.05) is 18.3 Å². The predicted molar refractivity (Wildman–Crippen MR) is 134 cm³/mol. The van der Waals surface area contributed by atoms with Crippen molar-refractivity contribution in [2.45, 2.75) is 79.4 Å². The molecular weight excluding hydrogens is 473 g/mol. The van der Waals surface area contributed by atoms with Gasteiger partial charge in [-0.3, -0.25) is 19.1 Å². The Morgan fingerprint density at radius 1 is 1.00 bits per heavy atom. The van der Waals surface area contributed by atoms with Crippen LogP contribution in [0.25, 0.3) is 11.1 Å². The van der Waals surface area contributed by atoms with Crippen molar-refractivity contribution in [1.29, 1.82) is 0 Å². The number of esters is 1. The van der Waals surface area contributed by atoms with Crippen LogP contribution in [0.2, 0.25) is 0 Å². The van der Waals surface area contributed by atoms with Crippen molar-refractivity contribution in [3.63, 3.8) is 0 Å². The zero-order chi connectivity index (χ0) is 27.1. The standard InChI is InChI=1S/C27H37F3N2O4/c1-18(2)16-26(5,19(3)4)24(34)36-15-11-7-6-10-14-32-17-21(23(33)31-25(32)35)20-12-8-9-13-22(20)27(28,29)30/h8-9,12-13,17-19H,6-7,10-11,14-16H2,1-5H3,(H,31,33,35). The molecule has 1 aromatic heterocycles. The summed E-state index contributed by atoms with van der Waals surface area (Å²) in [4.78, 5) is 39.2. The van der Waals surface area contributed by atoms with E-state index in [0.717, 1.165) is 25.3 Å². The number of hydrogen-bond acceptors (Lipinski definition) is 4. The van der Waals surface area contributed by atoms with E-state index in [1.54, 1.807) is 0 Å². The lowest BCUT2D eigenvalue weighted by atomic mass is 9.73. The number of hydrogen-bond donors (Lipinski definition) is 1. The van der Waals surface area contributed by atoms with Gasteiger partial charge in [-0.1, -0.05) is 52.3 Å². The van der Waals surface area contributed by atoms with Gasteiger partial charge in [0.2, 0.25) is 0 Å². The average Bonchev–Trinajstić information content (AvgIpc) is 2.78. The molecular formula is C27H37F3N2O4. The Kier molecular flexibility index (Phi) is 10.1. The average molecular weight is 511 g/mol. The van der Waals surface area contributed by atoms with Crippen LogP contribution in [-0.2, 0) is 22.3 Å². The Hall–Kier alpha value is -2.84. The molecule has 6 nitrogen and oxygen atoms in total. The number of unbranched alkanes of at least 4 members (excludes halogenated alkanes) is 3. The third-order valence-electron chi connectivity index (χ3n) is 6.63. The second kappa shape index (κ2) is 12.4. The first-order valence-corrected chi connectivity index (χ1v) is 12.4. The topological polar surface area (TPSA) is 81.2 Å². The Labute approximate surface area is 209 Å². The number of halogens is 3. The first-order valence-electron chi connectivity index (χ1n) is 12.4. The van der Waals surface area contributed by atoms with Crippen LogP contribution in [0.15, 0.2) is 40.1 Å². The van der Waals surface area contributed by atoms with E-state index in [0.29, 0.717) is 25.4 Å². The SMILES string of the molecule is CC(C)CC(C)(C(=O)OCCCCCCn1cc(-c2ccccc2C(F)(F)F)c(=O)[nH]c1=O)C(C)C. The highest BCUT2D eigenvalue weighted by Gasteiger charge is 2.38. The third-order valence-corrected chi connectivity index (χ3v) is 6.63. The van der Waals surface area contributed by atoms with Gasteiger partial charge in [-0.25, -0.2) is 4.79 Å². The van der Waals surface area contributed by atoms with Gasteiger partial charge in [0.1, 0.15) is 0 Å². The van der Waals surface area contributed by atoms with Crippen LogP contribution in [0.4, 0.5) is 13.2 Å². The van der Waals surface area contributed by atoms with Crippen LogP contribution >= 0.6 is 0 Å². The molecule has 0 aliphatic rings. The number of nitrogens with one attached hydrogen (secondary N) is 1. The number of rotatable bonds is 12. The number of alkyl halides is 3. The van der Waals surface area contributed by atoms with Gasteiger partial charge in [0.05, 0.1) is 23.1 Å². The van der Waals surface area contributed by atoms with Gasteiger partial charge >= 0.3 is 17.8 Å². The summed E-state index contributed by atoms with van der Waals surface area (Å²) in [7, 11) is 0. The fourth-order valence-corrected chi connectivity index (χ4v) is 4.30. The molecule has 1 N–H and O–H groups in total. The number of carbonyl (C=O) groups is 1. The van der Waals surface area contributed by atoms with Gasteiger partial charge in [0.15, 0.2) is 0 Å². The number of aromatic nitrogens is 2. The van der Waals surface area contributed by atoms with Crippen LogP contribution in [-0.4, -0.2) is 22.1 Å². The second-order valence-electron chi connectivity index (χ2n) is 10.3. The van der Waals surface area contributed by atoms with Gasteiger partial charge in [-0.15, -0.1) is 0 Å². The van der Waals surface area contributed by atoms with E-state index in [2.05, 4.69) is 18.8 Å². The van der Waals surface area contributed by atoms with Crippen molar-refractivity contribution in [3.8, 4) is 11.1 Å². The zero-order valence-corrected chi connectivity index (χ0v) is 21.7. The fraction of sp³-hybridized carbons (Fsp3) is 0.593. The maximum atomic E-state index is 13.4. The molecule has 0 spiro atoms. The minimum absolute atomic E-state index is 0.163. The molecule has 0 fully saturated rings. The van der Waals surface area contributed by atoms with Crippen LogP contribution in [0, 0.1) is 17.3 Å². The summed E-state index contributed by atoms with van der Waals surface area (Å²) in [5.41, 5.74) is -3.46. The minimum Gasteiger partial charge on any atom is -0.465 e. The lowest BCUT2D eigenvalue weighted by Crippen LogP contribution is -2.36. The van der Waals surface area contributed by atoms with Crippen LogP contribution < -0.4 is 11.2 Å². The molecule has 0 aliphatic carbocycles. The predicted octanol–water partition coefficient (Wildman–Crippen LogP) is 6.03. The Bertz CT molecular complexity index is 1130. The summed E-state index contributed by atoms with van der Waals surface area (Å²) < 4.78 is 47.0. The summed E-state index contributed by atoms with van der Waals surface area (Å²) >= 11 is 0. The van der Waals surface area contributed by atoms with Gasteiger partial charge in [0.25, 0.3) is 5.56 Å². The minimum atomic E-state index is -4.63. The quantitative estimate of drug-likeness (QED) is 0.279. The van der Waals surface area contributed by atoms with Crippen molar-refractivity contribution in [3.05, 3.63) is 56.9 Å². The van der Waals surface area contributed by atoms with E-state index in [4.69, 9.17) is 4.74 Å². The molecule has 1 heterocycles. The van der Waals surface area contributed by atoms with Crippen molar-refractivity contribution in [2.75, 3.05) is 6.61 Å². The third kappa shape index (κ3) is 7.58. The highest BCUT2D eigenvalue weighted by molar-refractivity contribution is 5.76. The molecule has 1 unspecified atom stereocenters. The molecule has 2 aromatic rings. The highest BCUT2D eigenvalue weighted by atomic mass is 19.4. The Morgan fingerprint density at radius 2 is 1.64 bits per heavy atom. The first-order chi connectivity index (χ1) is 16.8. The number of carbonyl (C=O) groups excluding carboxylic acids is 1. The van der Waals surface area contributed by atoms with E-state index in [9.17, 15) is 27.6 Å². The van der Waals surface area contributed by atoms with Crippen molar-refractivity contribution >= 4 is 5.97 Å². The molecule has 36 heavy (non-hydrogen) atoms. The summed E-state index contributed by atoms with van der Waals surface area (Å²) in [5.74, 6) is 0.359. The molecule has 0 saturated heterocycles. The van der Waals surface area contributed by atoms with E-state index in [1.807, 2.05) is 20.8 Å². The Balaban J connectivity index is 1.93. The van der Waals surface area contributed by atoms with E-state index in [1.165, 1.54) is 29.0 Å². The van der Waals surface area contributed by atoms with Crippen molar-refractivity contribution < 1.29 is 22.7 Å². The summed E-state index contributed by atoms with van der Waals surface area (Å²) in [6.07, 6.45) is 0.0586. The molecule has 0 aliphatic heterocycles. The van der Waals surface area contributed by atoms with E-state index in [-0.39, 0.29) is 29.6 Å². The summed E-state index contributed by atoms with van der Waals surface area (Å²) in [5, 5.41) is 0. The van der Waals surface area contributed by atoms with E-state index >= 15 is 0 Å². The lowest BCUT2D eigenvalue weighted by Gasteiger charge is -2.32. The number of nitrogens with zero attached hydrogens (tertiary/aromatic N) is 1. The largest absolute Gasteiger partial charge is 0.465 e. The first kappa shape index (κ1) is 29.4.